The summed E-state index contributed by atoms with van der Waals surface area (Å²) in [4.78, 5) is 3.57. The number of nitriles is 1. The van der Waals surface area contributed by atoms with Crippen LogP contribution in [0.4, 0.5) is 8.78 Å². The summed E-state index contributed by atoms with van der Waals surface area (Å²) in [7, 11) is 1.62. The molecule has 9 heteroatoms. The summed E-state index contributed by atoms with van der Waals surface area (Å²) in [6.45, 7) is 2.90. The second kappa shape index (κ2) is 11.0. The topological polar surface area (TPSA) is 70.6 Å². The summed E-state index contributed by atoms with van der Waals surface area (Å²) in [5.74, 6) is -0.507. The van der Waals surface area contributed by atoms with Crippen LogP contribution >= 0.6 is 11.6 Å². The van der Waals surface area contributed by atoms with E-state index < -0.39 is 12.0 Å². The van der Waals surface area contributed by atoms with Gasteiger partial charge in [0.1, 0.15) is 12.0 Å². The fourth-order valence-corrected chi connectivity index (χ4v) is 5.53. The molecule has 0 radical (unpaired) electrons. The second-order valence-electron chi connectivity index (χ2n) is 9.83. The highest BCUT2D eigenvalue weighted by Gasteiger charge is 2.40. The molecule has 0 amide bonds. The zero-order valence-electron chi connectivity index (χ0n) is 21.1. The molecule has 5 rings (SSSR count). The Kier molecular flexibility index (Phi) is 7.50. The molecule has 3 aromatic carbocycles. The van der Waals surface area contributed by atoms with Gasteiger partial charge in [-0.15, -0.1) is 10.2 Å². The third kappa shape index (κ3) is 5.31. The van der Waals surface area contributed by atoms with E-state index in [0.29, 0.717) is 35.7 Å². The van der Waals surface area contributed by atoms with E-state index in [9.17, 15) is 9.65 Å². The first-order valence-electron chi connectivity index (χ1n) is 12.5. The van der Waals surface area contributed by atoms with Crippen LogP contribution in [0.5, 0.6) is 0 Å². The third-order valence-electron chi connectivity index (χ3n) is 7.30. The normalized spacial score (nSPS) is 16.4. The van der Waals surface area contributed by atoms with Gasteiger partial charge in [0.15, 0.2) is 0 Å². The minimum Gasteiger partial charge on any atom is -0.292 e. The molecule has 3 atom stereocenters. The molecule has 0 aliphatic carbocycles. The van der Waals surface area contributed by atoms with Gasteiger partial charge in [0.25, 0.3) is 0 Å². The lowest BCUT2D eigenvalue weighted by Crippen LogP contribution is -2.53. The number of nitrogens with zero attached hydrogens (tertiary/aromatic N) is 6. The molecule has 38 heavy (non-hydrogen) atoms. The summed E-state index contributed by atoms with van der Waals surface area (Å²) in [5.41, 5.74) is 3.58. The molecular formula is C29H27ClF2N6. The number of rotatable bonds is 8. The number of benzene rings is 3. The highest BCUT2D eigenvalue weighted by Crippen LogP contribution is 2.40. The first-order chi connectivity index (χ1) is 18.3. The standard InChI is InChI=1S/C29H27ClF2N6/c1-18(31)25(14-21-6-4-8-26(32)27(21)29-34-36-37(2)35-29)23-16-38(17-23)28(20-9-11-24(30)12-10-20)22-7-3-5-19(13-22)15-33/h3-13,18,23,25,28H,14,16-17H2,1-2H3. The van der Waals surface area contributed by atoms with E-state index in [2.05, 4.69) is 26.4 Å². The van der Waals surface area contributed by atoms with Crippen LogP contribution < -0.4 is 0 Å². The zero-order valence-corrected chi connectivity index (χ0v) is 21.9. The molecule has 3 unspecified atom stereocenters. The summed E-state index contributed by atoms with van der Waals surface area (Å²) >= 11 is 6.14. The van der Waals surface area contributed by atoms with E-state index in [1.54, 1.807) is 26.1 Å². The Bertz CT molecular complexity index is 1460. The van der Waals surface area contributed by atoms with E-state index in [-0.39, 0.29) is 29.3 Å². The van der Waals surface area contributed by atoms with Crippen LogP contribution in [0.3, 0.4) is 0 Å². The molecular weight excluding hydrogens is 506 g/mol. The number of hydrogen-bond donors (Lipinski definition) is 0. The van der Waals surface area contributed by atoms with Gasteiger partial charge in [-0.25, -0.2) is 8.78 Å². The van der Waals surface area contributed by atoms with Crippen molar-refractivity contribution < 1.29 is 8.78 Å². The summed E-state index contributed by atoms with van der Waals surface area (Å²) < 4.78 is 29.9. The summed E-state index contributed by atoms with van der Waals surface area (Å²) in [6, 6.07) is 22.2. The minimum absolute atomic E-state index is 0.0647. The Labute approximate surface area is 225 Å². The zero-order chi connectivity index (χ0) is 26.8. The molecule has 1 aromatic heterocycles. The molecule has 0 saturated carbocycles. The van der Waals surface area contributed by atoms with Gasteiger partial charge in [0, 0.05) is 18.1 Å². The number of halogens is 3. The van der Waals surface area contributed by atoms with E-state index >= 15 is 4.39 Å². The van der Waals surface area contributed by atoms with Crippen molar-refractivity contribution in [2.24, 2.45) is 18.9 Å². The predicted molar refractivity (Wildman–Crippen MR) is 141 cm³/mol. The van der Waals surface area contributed by atoms with Crippen molar-refractivity contribution in [3.63, 3.8) is 0 Å². The van der Waals surface area contributed by atoms with Crippen molar-refractivity contribution in [2.45, 2.75) is 25.6 Å². The number of alkyl halides is 1. The SMILES string of the molecule is CC(F)C(Cc1cccc(F)c1-c1nnn(C)n1)C1CN(C(c2ccc(Cl)cc2)c2cccc(C#N)c2)C1. The largest absolute Gasteiger partial charge is 0.292 e. The number of likely N-dealkylation sites (tertiary alicyclic amines) is 1. The van der Waals surface area contributed by atoms with Crippen molar-refractivity contribution in [1.29, 1.82) is 5.26 Å². The van der Waals surface area contributed by atoms with Crippen LogP contribution in [-0.2, 0) is 13.5 Å². The monoisotopic (exact) mass is 532 g/mol. The lowest BCUT2D eigenvalue weighted by molar-refractivity contribution is 0.00716. The van der Waals surface area contributed by atoms with Gasteiger partial charge in [0.2, 0.25) is 5.82 Å². The molecule has 0 N–H and O–H groups in total. The highest BCUT2D eigenvalue weighted by molar-refractivity contribution is 6.30. The molecule has 6 nitrogen and oxygen atoms in total. The van der Waals surface area contributed by atoms with Gasteiger partial charge in [-0.2, -0.15) is 10.1 Å². The number of hydrogen-bond acceptors (Lipinski definition) is 5. The minimum atomic E-state index is -1.09. The Morgan fingerprint density at radius 1 is 1.08 bits per heavy atom. The smallest absolute Gasteiger partial charge is 0.208 e. The van der Waals surface area contributed by atoms with Gasteiger partial charge >= 0.3 is 0 Å². The lowest BCUT2D eigenvalue weighted by atomic mass is 9.77. The molecule has 4 aromatic rings. The molecule has 194 valence electrons. The molecule has 1 aliphatic heterocycles. The molecule has 0 bridgehead atoms. The van der Waals surface area contributed by atoms with E-state index in [1.165, 1.54) is 10.9 Å². The molecule has 1 aliphatic rings. The van der Waals surface area contributed by atoms with Crippen LogP contribution in [0.15, 0.2) is 66.7 Å². The fraction of sp³-hybridized carbons (Fsp3) is 0.310. The Balaban J connectivity index is 1.40. The third-order valence-corrected chi connectivity index (χ3v) is 7.56. The van der Waals surface area contributed by atoms with Gasteiger partial charge in [-0.05, 0) is 77.4 Å². The van der Waals surface area contributed by atoms with Crippen LogP contribution in [-0.4, -0.2) is 44.4 Å². The molecule has 1 fully saturated rings. The van der Waals surface area contributed by atoms with Crippen molar-refractivity contribution in [3.05, 3.63) is 99.8 Å². The average molecular weight is 533 g/mol. The number of aromatic nitrogens is 4. The Morgan fingerprint density at radius 3 is 2.47 bits per heavy atom. The summed E-state index contributed by atoms with van der Waals surface area (Å²) in [6.07, 6.45) is -0.735. The average Bonchev–Trinajstić information content (AvgIpc) is 3.31. The number of aryl methyl sites for hydroxylation is 1. The molecule has 1 saturated heterocycles. The maximum absolute atomic E-state index is 15.1. The van der Waals surface area contributed by atoms with Gasteiger partial charge in [-0.3, -0.25) is 4.90 Å². The molecule has 0 spiro atoms. The van der Waals surface area contributed by atoms with Crippen LogP contribution in [0.25, 0.3) is 11.4 Å². The maximum atomic E-state index is 15.1. The van der Waals surface area contributed by atoms with Crippen molar-refractivity contribution in [1.82, 2.24) is 25.1 Å². The van der Waals surface area contributed by atoms with E-state index in [0.717, 1.165) is 11.1 Å². The predicted octanol–water partition coefficient (Wildman–Crippen LogP) is 5.78. The maximum Gasteiger partial charge on any atom is 0.208 e. The number of tetrazole rings is 1. The molecule has 2 heterocycles. The highest BCUT2D eigenvalue weighted by atomic mass is 35.5. The van der Waals surface area contributed by atoms with E-state index in [4.69, 9.17) is 11.6 Å². The van der Waals surface area contributed by atoms with Crippen molar-refractivity contribution in [3.8, 4) is 17.5 Å². The van der Waals surface area contributed by atoms with Gasteiger partial charge < -0.3 is 0 Å². The van der Waals surface area contributed by atoms with E-state index in [1.807, 2.05) is 48.5 Å². The van der Waals surface area contributed by atoms with Crippen molar-refractivity contribution in [2.75, 3.05) is 13.1 Å². The van der Waals surface area contributed by atoms with Gasteiger partial charge in [0.05, 0.1) is 30.3 Å². The van der Waals surface area contributed by atoms with Crippen molar-refractivity contribution >= 4 is 11.6 Å². The second-order valence-corrected chi connectivity index (χ2v) is 10.3. The summed E-state index contributed by atoms with van der Waals surface area (Å²) in [5, 5.41) is 22.1. The van der Waals surface area contributed by atoms with Crippen LogP contribution in [0.1, 0.15) is 35.2 Å². The Hall–Kier alpha value is -3.67. The quantitative estimate of drug-likeness (QED) is 0.288. The lowest BCUT2D eigenvalue weighted by Gasteiger charge is -2.48. The van der Waals surface area contributed by atoms with Crippen LogP contribution in [0, 0.1) is 29.0 Å². The fourth-order valence-electron chi connectivity index (χ4n) is 5.40. The van der Waals surface area contributed by atoms with Crippen LogP contribution in [0.2, 0.25) is 5.02 Å². The first kappa shape index (κ1) is 26.0. The first-order valence-corrected chi connectivity index (χ1v) is 12.9. The van der Waals surface area contributed by atoms with Gasteiger partial charge in [-0.1, -0.05) is 48.0 Å². The Morgan fingerprint density at radius 2 is 1.82 bits per heavy atom.